The summed E-state index contributed by atoms with van der Waals surface area (Å²) in [6.45, 7) is -0.141. The SMILES string of the molecule is O=C(C=C1c2ccccc2N(C(=O)c2cccc(C(=O)Nc3ccccc3)c2-c2ccccc2)CCC1(F)F)NCc1ccccc1. The molecule has 0 unspecified atom stereocenters. The molecule has 1 heterocycles. The summed E-state index contributed by atoms with van der Waals surface area (Å²) >= 11 is 0. The van der Waals surface area contributed by atoms with Crippen LogP contribution in [0.4, 0.5) is 20.2 Å². The Labute approximate surface area is 271 Å². The first-order chi connectivity index (χ1) is 22.8. The molecule has 6 rings (SSSR count). The molecule has 47 heavy (non-hydrogen) atoms. The number of allylic oxidation sites excluding steroid dienone is 1. The standard InChI is InChI=1S/C39H31F2N3O3/c40-39(41)23-24-44(34-22-11-10-19-30(34)33(39)25-35(45)42-26-27-13-4-1-5-14-27)38(47)32-21-12-20-31(36(32)28-15-6-2-7-16-28)37(46)43-29-17-8-3-9-18-29/h1-22,25H,23-24,26H2,(H,42,45)(H,43,46). The molecule has 0 fully saturated rings. The Hall–Kier alpha value is -5.89. The number of nitrogens with zero attached hydrogens (tertiary/aromatic N) is 1. The van der Waals surface area contributed by atoms with E-state index >= 15 is 8.78 Å². The van der Waals surface area contributed by atoms with Crippen molar-refractivity contribution in [1.29, 1.82) is 0 Å². The van der Waals surface area contributed by atoms with E-state index in [1.54, 1.807) is 84.9 Å². The highest BCUT2D eigenvalue weighted by molar-refractivity contribution is 6.17. The number of carbonyl (C=O) groups is 3. The lowest BCUT2D eigenvalue weighted by Gasteiger charge is -2.25. The minimum absolute atomic E-state index is 0.0810. The number of benzene rings is 5. The molecule has 3 amide bonds. The van der Waals surface area contributed by atoms with Crippen LogP contribution < -0.4 is 15.5 Å². The molecule has 1 aliphatic rings. The Morgan fingerprint density at radius 2 is 1.34 bits per heavy atom. The second-order valence-electron chi connectivity index (χ2n) is 11.1. The van der Waals surface area contributed by atoms with Gasteiger partial charge in [-0.1, -0.05) is 103 Å². The number of alkyl halides is 2. The van der Waals surface area contributed by atoms with E-state index in [-0.39, 0.29) is 35.5 Å². The van der Waals surface area contributed by atoms with Crippen molar-refractivity contribution in [2.45, 2.75) is 18.9 Å². The van der Waals surface area contributed by atoms with Crippen LogP contribution in [0.3, 0.4) is 0 Å². The fourth-order valence-corrected chi connectivity index (χ4v) is 5.70. The summed E-state index contributed by atoms with van der Waals surface area (Å²) in [5.74, 6) is -5.04. The smallest absolute Gasteiger partial charge is 0.275 e. The van der Waals surface area contributed by atoms with Gasteiger partial charge in [0, 0.05) is 59.1 Å². The summed E-state index contributed by atoms with van der Waals surface area (Å²) in [4.78, 5) is 42.3. The van der Waals surface area contributed by atoms with Crippen molar-refractivity contribution in [2.24, 2.45) is 0 Å². The van der Waals surface area contributed by atoms with Crippen LogP contribution in [-0.2, 0) is 11.3 Å². The number of rotatable bonds is 7. The summed E-state index contributed by atoms with van der Waals surface area (Å²) in [6, 6.07) is 38.4. The van der Waals surface area contributed by atoms with Crippen molar-refractivity contribution in [3.63, 3.8) is 0 Å². The maximum Gasteiger partial charge on any atom is 0.275 e. The molecule has 0 radical (unpaired) electrons. The van der Waals surface area contributed by atoms with Gasteiger partial charge in [-0.15, -0.1) is 0 Å². The van der Waals surface area contributed by atoms with E-state index < -0.39 is 35.6 Å². The van der Waals surface area contributed by atoms with Crippen molar-refractivity contribution in [1.82, 2.24) is 5.32 Å². The molecule has 5 aromatic carbocycles. The Morgan fingerprint density at radius 3 is 2.06 bits per heavy atom. The average molecular weight is 628 g/mol. The molecule has 2 N–H and O–H groups in total. The van der Waals surface area contributed by atoms with Crippen molar-refractivity contribution < 1.29 is 23.2 Å². The van der Waals surface area contributed by atoms with Gasteiger partial charge in [0.2, 0.25) is 5.91 Å². The van der Waals surface area contributed by atoms with Gasteiger partial charge < -0.3 is 15.5 Å². The highest BCUT2D eigenvalue weighted by Crippen LogP contribution is 2.44. The normalized spacial score (nSPS) is 14.5. The van der Waals surface area contributed by atoms with Crippen molar-refractivity contribution in [3.8, 4) is 11.1 Å². The van der Waals surface area contributed by atoms with Gasteiger partial charge in [0.25, 0.3) is 17.7 Å². The molecule has 0 saturated carbocycles. The zero-order valence-electron chi connectivity index (χ0n) is 25.3. The molecule has 5 aromatic rings. The molecule has 0 aliphatic carbocycles. The van der Waals surface area contributed by atoms with Gasteiger partial charge in [-0.25, -0.2) is 8.78 Å². The van der Waals surface area contributed by atoms with Gasteiger partial charge in [0.1, 0.15) is 0 Å². The maximum absolute atomic E-state index is 15.9. The largest absolute Gasteiger partial charge is 0.348 e. The lowest BCUT2D eigenvalue weighted by Crippen LogP contribution is -2.34. The molecule has 8 heteroatoms. The number of anilines is 2. The second kappa shape index (κ2) is 13.6. The molecule has 0 spiro atoms. The van der Waals surface area contributed by atoms with E-state index in [2.05, 4.69) is 10.6 Å². The Morgan fingerprint density at radius 1 is 0.723 bits per heavy atom. The van der Waals surface area contributed by atoms with E-state index in [0.29, 0.717) is 16.8 Å². The highest BCUT2D eigenvalue weighted by atomic mass is 19.3. The van der Waals surface area contributed by atoms with Gasteiger partial charge in [-0.05, 0) is 41.5 Å². The topological polar surface area (TPSA) is 78.5 Å². The van der Waals surface area contributed by atoms with Crippen molar-refractivity contribution in [2.75, 3.05) is 16.8 Å². The number of para-hydroxylation sites is 2. The fourth-order valence-electron chi connectivity index (χ4n) is 5.70. The second-order valence-corrected chi connectivity index (χ2v) is 11.1. The first kappa shape index (κ1) is 31.1. The lowest BCUT2D eigenvalue weighted by molar-refractivity contribution is -0.116. The third kappa shape index (κ3) is 6.87. The van der Waals surface area contributed by atoms with Crippen LogP contribution in [0.5, 0.6) is 0 Å². The molecular formula is C39H31F2N3O3. The summed E-state index contributed by atoms with van der Waals surface area (Å²) in [5, 5.41) is 5.57. The maximum atomic E-state index is 15.9. The highest BCUT2D eigenvalue weighted by Gasteiger charge is 2.41. The van der Waals surface area contributed by atoms with Gasteiger partial charge in [-0.2, -0.15) is 0 Å². The van der Waals surface area contributed by atoms with Gasteiger partial charge in [0.15, 0.2) is 0 Å². The van der Waals surface area contributed by atoms with Gasteiger partial charge in [0.05, 0.1) is 5.69 Å². The minimum Gasteiger partial charge on any atom is -0.348 e. The Kier molecular flexibility index (Phi) is 9.02. The summed E-state index contributed by atoms with van der Waals surface area (Å²) in [7, 11) is 0. The van der Waals surface area contributed by atoms with E-state index in [4.69, 9.17) is 0 Å². The van der Waals surface area contributed by atoms with Crippen LogP contribution in [0.15, 0.2) is 140 Å². The van der Waals surface area contributed by atoms with Gasteiger partial charge >= 0.3 is 0 Å². The third-order valence-corrected chi connectivity index (χ3v) is 7.99. The first-order valence-electron chi connectivity index (χ1n) is 15.2. The van der Waals surface area contributed by atoms with Crippen LogP contribution in [0, 0.1) is 0 Å². The van der Waals surface area contributed by atoms with Crippen molar-refractivity contribution in [3.05, 3.63) is 162 Å². The molecule has 6 nitrogen and oxygen atoms in total. The number of amides is 3. The van der Waals surface area contributed by atoms with E-state index in [9.17, 15) is 14.4 Å². The first-order valence-corrected chi connectivity index (χ1v) is 15.2. The van der Waals surface area contributed by atoms with Crippen LogP contribution in [0.25, 0.3) is 16.7 Å². The predicted octanol–water partition coefficient (Wildman–Crippen LogP) is 7.99. The van der Waals surface area contributed by atoms with Crippen LogP contribution in [0.2, 0.25) is 0 Å². The molecule has 234 valence electrons. The number of hydrogen-bond donors (Lipinski definition) is 2. The summed E-state index contributed by atoms with van der Waals surface area (Å²) < 4.78 is 31.7. The zero-order valence-corrected chi connectivity index (χ0v) is 25.3. The molecule has 0 saturated heterocycles. The number of nitrogens with one attached hydrogen (secondary N) is 2. The fraction of sp³-hybridized carbons (Fsp3) is 0.103. The summed E-state index contributed by atoms with van der Waals surface area (Å²) in [5.41, 5.74) is 2.73. The molecule has 1 aliphatic heterocycles. The molecule has 0 atom stereocenters. The van der Waals surface area contributed by atoms with E-state index in [0.717, 1.165) is 11.6 Å². The zero-order chi connectivity index (χ0) is 32.8. The number of halogens is 2. The van der Waals surface area contributed by atoms with E-state index in [1.165, 1.54) is 11.0 Å². The number of hydrogen-bond acceptors (Lipinski definition) is 3. The number of carbonyl (C=O) groups excluding carboxylic acids is 3. The summed E-state index contributed by atoms with van der Waals surface area (Å²) in [6.07, 6.45) is 0.222. The van der Waals surface area contributed by atoms with Crippen LogP contribution in [-0.4, -0.2) is 30.2 Å². The molecule has 0 bridgehead atoms. The Bertz CT molecular complexity index is 1950. The Balaban J connectivity index is 1.39. The molecule has 0 aromatic heterocycles. The van der Waals surface area contributed by atoms with E-state index in [1.807, 2.05) is 42.5 Å². The average Bonchev–Trinajstić information content (AvgIpc) is 3.21. The van der Waals surface area contributed by atoms with Crippen LogP contribution >= 0.6 is 0 Å². The predicted molar refractivity (Wildman–Crippen MR) is 180 cm³/mol. The third-order valence-electron chi connectivity index (χ3n) is 7.99. The van der Waals surface area contributed by atoms with Gasteiger partial charge in [-0.3, -0.25) is 14.4 Å². The monoisotopic (exact) mass is 627 g/mol. The lowest BCUT2D eigenvalue weighted by atomic mass is 9.92. The number of fused-ring (bicyclic) bond motifs is 1. The molecular weight excluding hydrogens is 596 g/mol. The van der Waals surface area contributed by atoms with Crippen molar-refractivity contribution >= 4 is 34.7 Å². The van der Waals surface area contributed by atoms with Crippen LogP contribution in [0.1, 0.15) is 38.3 Å². The minimum atomic E-state index is -3.41. The quantitative estimate of drug-likeness (QED) is 0.180.